The summed E-state index contributed by atoms with van der Waals surface area (Å²) >= 11 is 6.64. The predicted octanol–water partition coefficient (Wildman–Crippen LogP) is 6.60. The maximum absolute atomic E-state index is 16.9. The van der Waals surface area contributed by atoms with Crippen LogP contribution in [0, 0.1) is 5.82 Å². The third-order valence-corrected chi connectivity index (χ3v) is 11.6. The molecule has 3 saturated heterocycles. The van der Waals surface area contributed by atoms with Crippen molar-refractivity contribution in [2.45, 2.75) is 62.2 Å². The molecule has 0 bridgehead atoms. The van der Waals surface area contributed by atoms with Crippen molar-refractivity contribution < 1.29 is 22.8 Å². The normalized spacial score (nSPS) is 22.5. The molecule has 3 atom stereocenters. The van der Waals surface area contributed by atoms with E-state index in [9.17, 15) is 9.18 Å². The number of fused-ring (bicyclic) bond motifs is 3. The van der Waals surface area contributed by atoms with E-state index < -0.39 is 12.0 Å². The first kappa shape index (κ1) is 33.1. The van der Waals surface area contributed by atoms with Crippen LogP contribution in [0.1, 0.15) is 56.2 Å². The van der Waals surface area contributed by atoms with Gasteiger partial charge >= 0.3 is 6.01 Å². The molecule has 3 aromatic heterocycles. The van der Waals surface area contributed by atoms with Crippen LogP contribution >= 0.6 is 11.6 Å². The summed E-state index contributed by atoms with van der Waals surface area (Å²) < 4.78 is 41.8. The van der Waals surface area contributed by atoms with E-state index in [1.54, 1.807) is 17.2 Å². The fourth-order valence-electron chi connectivity index (χ4n) is 8.27. The predicted molar refractivity (Wildman–Crippen MR) is 192 cm³/mol. The van der Waals surface area contributed by atoms with E-state index in [0.29, 0.717) is 65.5 Å². The first-order chi connectivity index (χ1) is 25.3. The summed E-state index contributed by atoms with van der Waals surface area (Å²) in [5.41, 5.74) is 0.757. The van der Waals surface area contributed by atoms with E-state index in [2.05, 4.69) is 25.0 Å². The summed E-state index contributed by atoms with van der Waals surface area (Å²) in [6, 6.07) is 11.2. The highest BCUT2D eigenvalue weighted by Gasteiger charge is 2.45. The molecule has 2 aromatic carbocycles. The van der Waals surface area contributed by atoms with Gasteiger partial charge in [0.2, 0.25) is 5.91 Å². The Morgan fingerprint density at radius 3 is 2.71 bits per heavy atom. The second kappa shape index (κ2) is 13.0. The number of aromatic nitrogens is 5. The van der Waals surface area contributed by atoms with Crippen molar-refractivity contribution in [2.24, 2.45) is 0 Å². The lowest BCUT2D eigenvalue weighted by Crippen LogP contribution is -2.43. The molecule has 0 radical (unpaired) electrons. The third-order valence-electron chi connectivity index (χ3n) is 11.3. The van der Waals surface area contributed by atoms with E-state index in [1.165, 1.54) is 12.2 Å². The van der Waals surface area contributed by atoms with Crippen molar-refractivity contribution in [1.82, 2.24) is 34.9 Å². The summed E-state index contributed by atoms with van der Waals surface area (Å²) in [7, 11) is 1.89. The molecule has 3 aliphatic heterocycles. The molecule has 52 heavy (non-hydrogen) atoms. The lowest BCUT2D eigenvalue weighted by molar-refractivity contribution is -0.124. The molecule has 6 heterocycles. The molecular weight excluding hydrogens is 690 g/mol. The molecule has 1 amide bonds. The number of halogens is 3. The van der Waals surface area contributed by atoms with E-state index >= 15 is 4.39 Å². The van der Waals surface area contributed by atoms with Gasteiger partial charge in [-0.2, -0.15) is 15.0 Å². The maximum Gasteiger partial charge on any atom is 0.319 e. The summed E-state index contributed by atoms with van der Waals surface area (Å²) in [5, 5.41) is 6.36. The van der Waals surface area contributed by atoms with Crippen molar-refractivity contribution in [1.29, 1.82) is 0 Å². The highest BCUT2D eigenvalue weighted by Crippen LogP contribution is 2.42. The highest BCUT2D eigenvalue weighted by molar-refractivity contribution is 6.36. The van der Waals surface area contributed by atoms with Gasteiger partial charge < -0.3 is 19.1 Å². The van der Waals surface area contributed by atoms with Crippen LogP contribution in [0.5, 0.6) is 6.01 Å². The molecule has 0 N–H and O–H groups in total. The zero-order valence-corrected chi connectivity index (χ0v) is 29.4. The Morgan fingerprint density at radius 2 is 1.92 bits per heavy atom. The van der Waals surface area contributed by atoms with Crippen LogP contribution in [0.25, 0.3) is 39.0 Å². The Bertz CT molecular complexity index is 2220. The lowest BCUT2D eigenvalue weighted by Gasteiger charge is -2.31. The number of anilines is 1. The van der Waals surface area contributed by atoms with Gasteiger partial charge in [0.05, 0.1) is 16.8 Å². The SMILES string of the molecule is CN(c1nc(OCC23CCCN2CCC3)nc2c(F)c(-c3cccc4cccc(Cl)c34)ncc12)[C@@H]1CCN(C(=O)/C=C/c2nc([C@H]3C[C@@H]3F)no2)C1. The first-order valence-corrected chi connectivity index (χ1v) is 18.2. The van der Waals surface area contributed by atoms with Crippen LogP contribution in [0.4, 0.5) is 14.6 Å². The molecule has 1 aliphatic carbocycles. The third kappa shape index (κ3) is 5.83. The number of nitrogens with zero attached hydrogens (tertiary/aromatic N) is 8. The molecule has 4 aliphatic rings. The van der Waals surface area contributed by atoms with Crippen molar-refractivity contribution >= 4 is 51.1 Å². The Balaban J connectivity index is 1.02. The van der Waals surface area contributed by atoms with Gasteiger partial charge in [0.25, 0.3) is 5.89 Å². The number of pyridine rings is 1. The van der Waals surface area contributed by atoms with Gasteiger partial charge in [-0.3, -0.25) is 14.7 Å². The molecule has 0 unspecified atom stereocenters. The van der Waals surface area contributed by atoms with E-state index in [0.717, 1.165) is 44.2 Å². The van der Waals surface area contributed by atoms with Gasteiger partial charge in [-0.05, 0) is 63.1 Å². The first-order valence-electron chi connectivity index (χ1n) is 17.9. The van der Waals surface area contributed by atoms with Crippen molar-refractivity contribution in [3.63, 3.8) is 0 Å². The number of benzene rings is 2. The van der Waals surface area contributed by atoms with E-state index in [4.69, 9.17) is 25.8 Å². The smallest absolute Gasteiger partial charge is 0.319 e. The minimum absolute atomic E-state index is 0.0533. The number of carbonyl (C=O) groups is 1. The van der Waals surface area contributed by atoms with Gasteiger partial charge in [-0.25, -0.2) is 8.78 Å². The number of rotatable bonds is 9. The molecular formula is C38H37ClF2N8O3. The van der Waals surface area contributed by atoms with Crippen LogP contribution in [-0.2, 0) is 4.79 Å². The molecule has 268 valence electrons. The second-order valence-corrected chi connectivity index (χ2v) is 14.8. The average molecular weight is 727 g/mol. The topological polar surface area (TPSA) is 114 Å². The molecule has 1 saturated carbocycles. The molecule has 5 aromatic rings. The summed E-state index contributed by atoms with van der Waals surface area (Å²) in [6.07, 6.45) is 8.90. The largest absolute Gasteiger partial charge is 0.461 e. The molecule has 11 nitrogen and oxygen atoms in total. The van der Waals surface area contributed by atoms with Crippen LogP contribution in [0.2, 0.25) is 5.02 Å². The number of hydrogen-bond donors (Lipinski definition) is 0. The Hall–Kier alpha value is -4.75. The molecule has 4 fully saturated rings. The zero-order valence-electron chi connectivity index (χ0n) is 28.6. The number of likely N-dealkylation sites (N-methyl/N-ethyl adjacent to an activating group) is 1. The van der Waals surface area contributed by atoms with Gasteiger partial charge in [0, 0.05) is 60.5 Å². The second-order valence-electron chi connectivity index (χ2n) is 14.4. The number of likely N-dealkylation sites (tertiary alicyclic amines) is 1. The highest BCUT2D eigenvalue weighted by atomic mass is 35.5. The Morgan fingerprint density at radius 1 is 1.13 bits per heavy atom. The van der Waals surface area contributed by atoms with Gasteiger partial charge in [-0.15, -0.1) is 0 Å². The summed E-state index contributed by atoms with van der Waals surface area (Å²) in [6.45, 7) is 3.43. The van der Waals surface area contributed by atoms with Crippen molar-refractivity contribution in [3.8, 4) is 17.3 Å². The number of hydrogen-bond acceptors (Lipinski definition) is 10. The van der Waals surface area contributed by atoms with Crippen LogP contribution in [0.3, 0.4) is 0 Å². The van der Waals surface area contributed by atoms with Crippen LogP contribution in [0.15, 0.2) is 53.2 Å². The monoisotopic (exact) mass is 726 g/mol. The van der Waals surface area contributed by atoms with Crippen LogP contribution in [-0.4, -0.2) is 98.4 Å². The van der Waals surface area contributed by atoms with Crippen molar-refractivity contribution in [3.05, 3.63) is 71.2 Å². The van der Waals surface area contributed by atoms with Gasteiger partial charge in [-0.1, -0.05) is 47.1 Å². The van der Waals surface area contributed by atoms with Crippen LogP contribution < -0.4 is 9.64 Å². The van der Waals surface area contributed by atoms with Crippen molar-refractivity contribution in [2.75, 3.05) is 44.7 Å². The number of alkyl halides is 1. The van der Waals surface area contributed by atoms with Gasteiger partial charge in [0.15, 0.2) is 11.6 Å². The standard InChI is InChI=1S/C38H37ClF2N8O3/c1-47(23-12-17-48(20-23)30(50)11-10-29-43-35(46-52-29)25-18-28(25)40)36-26-19-42-33(24-8-2-6-22-7-3-9-27(39)31(22)24)32(41)34(26)44-37(45-36)51-21-38-13-4-15-49(38)16-5-14-38/h2-3,6-11,19,23,25,28H,4-5,12-18,20-21H2,1H3/b11-10+/t23-,25+,28+/m1/s1. The quantitative estimate of drug-likeness (QED) is 0.154. The fraction of sp³-hybridized carbons (Fsp3) is 0.421. The average Bonchev–Trinajstić information content (AvgIpc) is 3.67. The van der Waals surface area contributed by atoms with E-state index in [-0.39, 0.29) is 46.5 Å². The molecule has 9 rings (SSSR count). The number of ether oxygens (including phenoxy) is 1. The summed E-state index contributed by atoms with van der Waals surface area (Å²) in [4.78, 5) is 37.8. The Labute approximate surface area is 303 Å². The molecule has 0 spiro atoms. The van der Waals surface area contributed by atoms with Gasteiger partial charge in [0.1, 0.15) is 29.8 Å². The minimum Gasteiger partial charge on any atom is -0.461 e. The zero-order chi connectivity index (χ0) is 35.6. The minimum atomic E-state index is -0.938. The van der Waals surface area contributed by atoms with E-state index in [1.807, 2.05) is 42.3 Å². The molecule has 14 heteroatoms. The lowest BCUT2D eigenvalue weighted by atomic mass is 9.95. The summed E-state index contributed by atoms with van der Waals surface area (Å²) in [5.74, 6) is -0.176. The maximum atomic E-state index is 16.9. The Kier molecular flexibility index (Phi) is 8.30. The fourth-order valence-corrected chi connectivity index (χ4v) is 8.55. The number of carbonyl (C=O) groups excluding carboxylic acids is 1. The number of amides is 1.